The first-order valence-electron chi connectivity index (χ1n) is 6.78. The number of piperidine rings is 1. The molecule has 2 rings (SSSR count). The lowest BCUT2D eigenvalue weighted by molar-refractivity contribution is 0.0446. The van der Waals surface area contributed by atoms with Gasteiger partial charge in [-0.05, 0) is 26.7 Å². The number of aliphatic hydroxyl groups is 1. The minimum absolute atomic E-state index is 0.595. The fourth-order valence-corrected chi connectivity index (χ4v) is 2.56. The summed E-state index contributed by atoms with van der Waals surface area (Å²) >= 11 is 0. The van der Waals surface area contributed by atoms with E-state index in [0.717, 1.165) is 43.0 Å². The van der Waals surface area contributed by atoms with Crippen LogP contribution in [0.15, 0.2) is 0 Å². The van der Waals surface area contributed by atoms with E-state index in [-0.39, 0.29) is 0 Å². The van der Waals surface area contributed by atoms with E-state index in [2.05, 4.69) is 20.3 Å². The topological polar surface area (TPSA) is 87.3 Å². The van der Waals surface area contributed by atoms with Crippen LogP contribution < -0.4 is 16.2 Å². The van der Waals surface area contributed by atoms with Gasteiger partial charge in [0, 0.05) is 25.1 Å². The van der Waals surface area contributed by atoms with E-state index in [1.165, 1.54) is 0 Å². The number of rotatable bonds is 3. The Balaban J connectivity index is 2.37. The zero-order valence-corrected chi connectivity index (χ0v) is 11.9. The zero-order chi connectivity index (χ0) is 14.0. The van der Waals surface area contributed by atoms with Crippen LogP contribution in [-0.4, -0.2) is 33.8 Å². The van der Waals surface area contributed by atoms with Crippen molar-refractivity contribution in [2.75, 3.05) is 23.4 Å². The van der Waals surface area contributed by atoms with Crippen LogP contribution in [0.1, 0.15) is 38.1 Å². The van der Waals surface area contributed by atoms with Crippen molar-refractivity contribution in [3.63, 3.8) is 0 Å². The summed E-state index contributed by atoms with van der Waals surface area (Å²) in [4.78, 5) is 11.1. The molecule has 1 saturated heterocycles. The van der Waals surface area contributed by atoms with Crippen molar-refractivity contribution in [3.05, 3.63) is 11.4 Å². The van der Waals surface area contributed by atoms with Gasteiger partial charge in [0.05, 0.1) is 5.60 Å². The highest BCUT2D eigenvalue weighted by molar-refractivity contribution is 5.58. The van der Waals surface area contributed by atoms with Gasteiger partial charge in [-0.3, -0.25) is 0 Å². The number of β-amino-alcohol motifs (C(OH)–C–C–N with tert-alkyl or cyclic N) is 1. The van der Waals surface area contributed by atoms with Crippen molar-refractivity contribution in [1.82, 2.24) is 9.97 Å². The zero-order valence-electron chi connectivity index (χ0n) is 11.9. The van der Waals surface area contributed by atoms with Crippen molar-refractivity contribution < 1.29 is 5.11 Å². The summed E-state index contributed by atoms with van der Waals surface area (Å²) in [5.41, 5.74) is 2.90. The van der Waals surface area contributed by atoms with Crippen LogP contribution >= 0.6 is 0 Å². The van der Waals surface area contributed by atoms with E-state index in [0.29, 0.717) is 12.4 Å². The van der Waals surface area contributed by atoms with Gasteiger partial charge in [0.15, 0.2) is 0 Å². The monoisotopic (exact) mass is 265 g/mol. The SMILES string of the molecule is CCc1nc(NN)c(C)c(N2CCCC(C)(O)C2)n1. The van der Waals surface area contributed by atoms with Gasteiger partial charge in [-0.1, -0.05) is 6.92 Å². The average molecular weight is 265 g/mol. The number of anilines is 2. The molecule has 1 fully saturated rings. The highest BCUT2D eigenvalue weighted by Crippen LogP contribution is 2.29. The molecule has 1 atom stereocenters. The van der Waals surface area contributed by atoms with Gasteiger partial charge in [-0.2, -0.15) is 0 Å². The number of nitrogens with zero attached hydrogens (tertiary/aromatic N) is 3. The van der Waals surface area contributed by atoms with E-state index in [1.807, 2.05) is 20.8 Å². The summed E-state index contributed by atoms with van der Waals surface area (Å²) in [6, 6.07) is 0. The van der Waals surface area contributed by atoms with Gasteiger partial charge in [0.1, 0.15) is 17.5 Å². The Morgan fingerprint density at radius 1 is 1.47 bits per heavy atom. The number of aromatic nitrogens is 2. The van der Waals surface area contributed by atoms with Gasteiger partial charge in [-0.15, -0.1) is 0 Å². The Labute approximate surface area is 114 Å². The van der Waals surface area contributed by atoms with Crippen molar-refractivity contribution in [2.24, 2.45) is 5.84 Å². The first kappa shape index (κ1) is 14.0. The number of hydrazine groups is 1. The number of hydrogen-bond acceptors (Lipinski definition) is 6. The standard InChI is InChI=1S/C13H23N5O/c1-4-10-15-11(17-14)9(2)12(16-10)18-7-5-6-13(3,19)8-18/h19H,4-8,14H2,1-3H3,(H,15,16,17). The van der Waals surface area contributed by atoms with Crippen LogP contribution in [-0.2, 0) is 6.42 Å². The Morgan fingerprint density at radius 3 is 2.79 bits per heavy atom. The maximum Gasteiger partial charge on any atom is 0.148 e. The normalized spacial score (nSPS) is 23.5. The van der Waals surface area contributed by atoms with E-state index >= 15 is 0 Å². The van der Waals surface area contributed by atoms with E-state index in [9.17, 15) is 5.11 Å². The number of nitrogen functional groups attached to an aromatic ring is 1. The molecule has 0 saturated carbocycles. The number of hydrogen-bond donors (Lipinski definition) is 3. The second kappa shape index (κ2) is 5.30. The molecular formula is C13H23N5O. The fourth-order valence-electron chi connectivity index (χ4n) is 2.56. The highest BCUT2D eigenvalue weighted by atomic mass is 16.3. The minimum atomic E-state index is -0.654. The summed E-state index contributed by atoms with van der Waals surface area (Å²) in [7, 11) is 0. The Hall–Kier alpha value is -1.40. The second-order valence-corrected chi connectivity index (χ2v) is 5.46. The summed E-state index contributed by atoms with van der Waals surface area (Å²) in [5, 5.41) is 10.2. The highest BCUT2D eigenvalue weighted by Gasteiger charge is 2.30. The molecule has 0 spiro atoms. The van der Waals surface area contributed by atoms with Crippen LogP contribution in [0.3, 0.4) is 0 Å². The molecule has 0 radical (unpaired) electrons. The van der Waals surface area contributed by atoms with Crippen LogP contribution in [0, 0.1) is 6.92 Å². The number of nitrogens with one attached hydrogen (secondary N) is 1. The lowest BCUT2D eigenvalue weighted by Gasteiger charge is -2.38. The first-order chi connectivity index (χ1) is 8.96. The summed E-state index contributed by atoms with van der Waals surface area (Å²) in [6.07, 6.45) is 2.55. The van der Waals surface area contributed by atoms with Crippen LogP contribution in [0.5, 0.6) is 0 Å². The minimum Gasteiger partial charge on any atom is -0.388 e. The predicted octanol–water partition coefficient (Wildman–Crippen LogP) is 0.984. The Kier molecular flexibility index (Phi) is 3.91. The fraction of sp³-hybridized carbons (Fsp3) is 0.692. The van der Waals surface area contributed by atoms with E-state index in [4.69, 9.17) is 5.84 Å². The molecule has 106 valence electrons. The van der Waals surface area contributed by atoms with Crippen molar-refractivity contribution in [3.8, 4) is 0 Å². The third-order valence-corrected chi connectivity index (χ3v) is 3.59. The van der Waals surface area contributed by atoms with Gasteiger partial charge in [0.25, 0.3) is 0 Å². The van der Waals surface area contributed by atoms with E-state index in [1.54, 1.807) is 0 Å². The van der Waals surface area contributed by atoms with Crippen molar-refractivity contribution >= 4 is 11.6 Å². The molecule has 0 bridgehead atoms. The molecule has 1 aromatic heterocycles. The largest absolute Gasteiger partial charge is 0.388 e. The molecule has 1 unspecified atom stereocenters. The molecule has 1 aliphatic rings. The molecule has 1 aliphatic heterocycles. The Morgan fingerprint density at radius 2 is 2.21 bits per heavy atom. The predicted molar refractivity (Wildman–Crippen MR) is 76.0 cm³/mol. The molecule has 1 aromatic rings. The summed E-state index contributed by atoms with van der Waals surface area (Å²) in [5.74, 6) is 7.81. The first-order valence-corrected chi connectivity index (χ1v) is 6.78. The van der Waals surface area contributed by atoms with Crippen LogP contribution in [0.25, 0.3) is 0 Å². The summed E-state index contributed by atoms with van der Waals surface area (Å²) in [6.45, 7) is 7.34. The van der Waals surface area contributed by atoms with Gasteiger partial charge >= 0.3 is 0 Å². The molecule has 2 heterocycles. The smallest absolute Gasteiger partial charge is 0.148 e. The van der Waals surface area contributed by atoms with Crippen LogP contribution in [0.2, 0.25) is 0 Å². The molecule has 0 amide bonds. The maximum absolute atomic E-state index is 10.2. The molecule has 0 aliphatic carbocycles. The third-order valence-electron chi connectivity index (χ3n) is 3.59. The quantitative estimate of drug-likeness (QED) is 0.558. The van der Waals surface area contributed by atoms with Crippen LogP contribution in [0.4, 0.5) is 11.6 Å². The Bertz CT molecular complexity index is 461. The summed E-state index contributed by atoms with van der Waals surface area (Å²) < 4.78 is 0. The van der Waals surface area contributed by atoms with Gasteiger partial charge in [0.2, 0.25) is 0 Å². The number of nitrogens with two attached hydrogens (primary N) is 1. The lowest BCUT2D eigenvalue weighted by Crippen LogP contribution is -2.46. The second-order valence-electron chi connectivity index (χ2n) is 5.46. The molecule has 0 aromatic carbocycles. The van der Waals surface area contributed by atoms with Crippen molar-refractivity contribution in [2.45, 2.75) is 45.6 Å². The molecule has 6 nitrogen and oxygen atoms in total. The average Bonchev–Trinajstić information content (AvgIpc) is 2.38. The van der Waals surface area contributed by atoms with Gasteiger partial charge in [-0.25, -0.2) is 15.8 Å². The van der Waals surface area contributed by atoms with E-state index < -0.39 is 5.60 Å². The molecule has 19 heavy (non-hydrogen) atoms. The molecule has 4 N–H and O–H groups in total. The lowest BCUT2D eigenvalue weighted by atomic mass is 9.95. The van der Waals surface area contributed by atoms with Crippen molar-refractivity contribution in [1.29, 1.82) is 0 Å². The molecule has 6 heteroatoms. The molecular weight excluding hydrogens is 242 g/mol. The number of aryl methyl sites for hydroxylation is 1. The third kappa shape index (κ3) is 2.96. The van der Waals surface area contributed by atoms with Gasteiger partial charge < -0.3 is 15.4 Å². The maximum atomic E-state index is 10.2.